The van der Waals surface area contributed by atoms with E-state index in [9.17, 15) is 0 Å². The molecule has 1 aliphatic heterocycles. The minimum atomic E-state index is 0.0374. The lowest BCUT2D eigenvalue weighted by molar-refractivity contribution is 0.279. The number of anilines is 1. The number of nitrogens with two attached hydrogens (primary N) is 1. The van der Waals surface area contributed by atoms with Crippen molar-refractivity contribution in [2.24, 2.45) is 5.73 Å². The molecule has 1 atom stereocenters. The maximum absolute atomic E-state index is 6.16. The van der Waals surface area contributed by atoms with Gasteiger partial charge in [0.2, 0.25) is 0 Å². The summed E-state index contributed by atoms with van der Waals surface area (Å²) in [6.07, 6.45) is 4.72. The summed E-state index contributed by atoms with van der Waals surface area (Å²) in [6.45, 7) is 8.62. The van der Waals surface area contributed by atoms with Gasteiger partial charge in [0.15, 0.2) is 0 Å². The lowest BCUT2D eigenvalue weighted by atomic mass is 9.90. The van der Waals surface area contributed by atoms with E-state index in [4.69, 9.17) is 5.73 Å². The maximum Gasteiger partial charge on any atom is 0.0508 e. The summed E-state index contributed by atoms with van der Waals surface area (Å²) >= 11 is 3.58. The highest BCUT2D eigenvalue weighted by molar-refractivity contribution is 9.10. The van der Waals surface area contributed by atoms with Crippen LogP contribution in [-0.2, 0) is 0 Å². The van der Waals surface area contributed by atoms with E-state index in [1.807, 2.05) is 0 Å². The van der Waals surface area contributed by atoms with Gasteiger partial charge in [0.05, 0.1) is 5.54 Å². The Labute approximate surface area is 137 Å². The quantitative estimate of drug-likeness (QED) is 0.846. The van der Waals surface area contributed by atoms with Gasteiger partial charge in [0.25, 0.3) is 0 Å². The first-order chi connectivity index (χ1) is 10.1. The number of halogens is 1. The smallest absolute Gasteiger partial charge is 0.0508 e. The largest absolute Gasteiger partial charge is 0.378 e. The molecule has 2 rings (SSSR count). The molecule has 1 unspecified atom stereocenters. The molecule has 1 aromatic rings. The first kappa shape index (κ1) is 16.8. The maximum atomic E-state index is 6.16. The molecule has 1 fully saturated rings. The molecule has 0 bridgehead atoms. The predicted octanol–water partition coefficient (Wildman–Crippen LogP) is 3.76. The number of likely N-dealkylation sites (tertiary alicyclic amines) is 1. The molecule has 4 heteroatoms. The highest BCUT2D eigenvalue weighted by Gasteiger charge is 2.31. The van der Waals surface area contributed by atoms with E-state index in [0.29, 0.717) is 6.54 Å². The van der Waals surface area contributed by atoms with Gasteiger partial charge in [0, 0.05) is 23.2 Å². The fraction of sp³-hybridized carbons (Fsp3) is 0.647. The molecule has 3 N–H and O–H groups in total. The van der Waals surface area contributed by atoms with Gasteiger partial charge in [-0.1, -0.05) is 22.9 Å². The van der Waals surface area contributed by atoms with E-state index >= 15 is 0 Å². The number of aryl methyl sites for hydroxylation is 1. The summed E-state index contributed by atoms with van der Waals surface area (Å²) in [7, 11) is 0. The summed E-state index contributed by atoms with van der Waals surface area (Å²) in [4.78, 5) is 2.57. The minimum Gasteiger partial charge on any atom is -0.378 e. The van der Waals surface area contributed by atoms with E-state index in [2.05, 4.69) is 58.2 Å². The Balaban J connectivity index is 2.10. The van der Waals surface area contributed by atoms with Crippen LogP contribution in [0.2, 0.25) is 0 Å². The Morgan fingerprint density at radius 2 is 2.10 bits per heavy atom. The van der Waals surface area contributed by atoms with Gasteiger partial charge in [-0.15, -0.1) is 0 Å². The second-order valence-electron chi connectivity index (χ2n) is 6.32. The van der Waals surface area contributed by atoms with Crippen molar-refractivity contribution < 1.29 is 0 Å². The molecule has 1 heterocycles. The number of benzene rings is 1. The van der Waals surface area contributed by atoms with Gasteiger partial charge in [-0.05, 0) is 69.5 Å². The van der Waals surface area contributed by atoms with Gasteiger partial charge in [-0.2, -0.15) is 0 Å². The van der Waals surface area contributed by atoms with Crippen molar-refractivity contribution in [1.29, 1.82) is 0 Å². The molecule has 0 aliphatic carbocycles. The van der Waals surface area contributed by atoms with Gasteiger partial charge in [0.1, 0.15) is 0 Å². The Bertz CT molecular complexity index is 443. The lowest BCUT2D eigenvalue weighted by Crippen LogP contribution is -2.46. The number of hydrogen-bond acceptors (Lipinski definition) is 3. The van der Waals surface area contributed by atoms with Crippen LogP contribution in [0.5, 0.6) is 0 Å². The molecule has 21 heavy (non-hydrogen) atoms. The average Bonchev–Trinajstić information content (AvgIpc) is 2.62. The van der Waals surface area contributed by atoms with Crippen molar-refractivity contribution in [1.82, 2.24) is 4.90 Å². The molecule has 1 aliphatic rings. The standard InChI is InChI=1S/C17H28BrN3/c1-3-7-21-8-4-5-17(13-19,6-9-21)20-16-11-14(2)10-15(18)12-16/h10-12,20H,3-9,13,19H2,1-2H3. The molecule has 0 aromatic heterocycles. The van der Waals surface area contributed by atoms with Crippen LogP contribution in [0.1, 0.15) is 38.2 Å². The van der Waals surface area contributed by atoms with Crippen molar-refractivity contribution >= 4 is 21.6 Å². The number of hydrogen-bond donors (Lipinski definition) is 2. The van der Waals surface area contributed by atoms with Crippen LogP contribution in [0.4, 0.5) is 5.69 Å². The predicted molar refractivity (Wildman–Crippen MR) is 94.9 cm³/mol. The first-order valence-electron chi connectivity index (χ1n) is 8.05. The molecule has 0 radical (unpaired) electrons. The summed E-state index contributed by atoms with van der Waals surface area (Å²) < 4.78 is 1.12. The second kappa shape index (κ2) is 7.61. The highest BCUT2D eigenvalue weighted by Crippen LogP contribution is 2.28. The van der Waals surface area contributed by atoms with E-state index in [0.717, 1.165) is 23.9 Å². The van der Waals surface area contributed by atoms with Gasteiger partial charge in [-0.25, -0.2) is 0 Å². The fourth-order valence-corrected chi connectivity index (χ4v) is 3.89. The van der Waals surface area contributed by atoms with E-state index in [-0.39, 0.29) is 5.54 Å². The number of rotatable bonds is 5. The highest BCUT2D eigenvalue weighted by atomic mass is 79.9. The lowest BCUT2D eigenvalue weighted by Gasteiger charge is -2.34. The Hall–Kier alpha value is -0.580. The fourth-order valence-electron chi connectivity index (χ4n) is 3.28. The van der Waals surface area contributed by atoms with Crippen molar-refractivity contribution in [3.63, 3.8) is 0 Å². The molecule has 0 spiro atoms. The van der Waals surface area contributed by atoms with E-state index in [1.54, 1.807) is 0 Å². The molecule has 3 nitrogen and oxygen atoms in total. The third kappa shape index (κ3) is 4.70. The zero-order valence-corrected chi connectivity index (χ0v) is 14.9. The van der Waals surface area contributed by atoms with Gasteiger partial charge in [-0.3, -0.25) is 0 Å². The first-order valence-corrected chi connectivity index (χ1v) is 8.84. The van der Waals surface area contributed by atoms with Crippen LogP contribution in [0.3, 0.4) is 0 Å². The summed E-state index contributed by atoms with van der Waals surface area (Å²) in [5.74, 6) is 0. The topological polar surface area (TPSA) is 41.3 Å². The van der Waals surface area contributed by atoms with Crippen molar-refractivity contribution in [2.45, 2.75) is 45.1 Å². The Morgan fingerprint density at radius 1 is 1.29 bits per heavy atom. The molecular formula is C17H28BrN3. The molecule has 1 aromatic carbocycles. The third-order valence-electron chi connectivity index (χ3n) is 4.42. The van der Waals surface area contributed by atoms with Crippen LogP contribution in [0.15, 0.2) is 22.7 Å². The molecular weight excluding hydrogens is 326 g/mol. The molecule has 0 amide bonds. The summed E-state index contributed by atoms with van der Waals surface area (Å²) in [5, 5.41) is 3.75. The molecule has 0 saturated carbocycles. The molecule has 1 saturated heterocycles. The zero-order valence-electron chi connectivity index (χ0n) is 13.3. The van der Waals surface area contributed by atoms with Crippen LogP contribution in [0, 0.1) is 6.92 Å². The average molecular weight is 354 g/mol. The monoisotopic (exact) mass is 353 g/mol. The third-order valence-corrected chi connectivity index (χ3v) is 4.88. The van der Waals surface area contributed by atoms with Crippen LogP contribution in [0.25, 0.3) is 0 Å². The van der Waals surface area contributed by atoms with Gasteiger partial charge >= 0.3 is 0 Å². The molecule has 118 valence electrons. The Morgan fingerprint density at radius 3 is 2.76 bits per heavy atom. The minimum absolute atomic E-state index is 0.0374. The zero-order chi connectivity index (χ0) is 15.3. The SMILES string of the molecule is CCCN1CCCC(CN)(Nc2cc(C)cc(Br)c2)CC1. The van der Waals surface area contributed by atoms with Crippen molar-refractivity contribution in [2.75, 3.05) is 31.5 Å². The van der Waals surface area contributed by atoms with Crippen LogP contribution >= 0.6 is 15.9 Å². The second-order valence-corrected chi connectivity index (χ2v) is 7.24. The Kier molecular flexibility index (Phi) is 6.08. The van der Waals surface area contributed by atoms with Gasteiger partial charge < -0.3 is 16.0 Å². The number of nitrogens with one attached hydrogen (secondary N) is 1. The summed E-state index contributed by atoms with van der Waals surface area (Å²) in [5.41, 5.74) is 8.64. The number of nitrogens with zero attached hydrogens (tertiary/aromatic N) is 1. The van der Waals surface area contributed by atoms with Crippen molar-refractivity contribution in [3.8, 4) is 0 Å². The van der Waals surface area contributed by atoms with Crippen molar-refractivity contribution in [3.05, 3.63) is 28.2 Å². The van der Waals surface area contributed by atoms with Crippen LogP contribution in [-0.4, -0.2) is 36.6 Å². The van der Waals surface area contributed by atoms with E-state index in [1.165, 1.54) is 37.2 Å². The summed E-state index contributed by atoms with van der Waals surface area (Å²) in [6, 6.07) is 6.49. The van der Waals surface area contributed by atoms with E-state index < -0.39 is 0 Å². The van der Waals surface area contributed by atoms with Crippen LogP contribution < -0.4 is 11.1 Å². The normalized spacial score (nSPS) is 23.8.